The van der Waals surface area contributed by atoms with E-state index in [9.17, 15) is 4.79 Å². The Bertz CT molecular complexity index is 884. The molecule has 0 saturated carbocycles. The number of fused-ring (bicyclic) bond motifs is 1. The Hall–Kier alpha value is -3.01. The standard InChI is InChI=1S/C23H25NO3/c1-17(16-19-8-5-7-18-6-3-4-9-22(18)19)23(25)24-14-15-27-21-12-10-20(26-2)11-13-21/h3-13,17H,14-16H2,1-2H3,(H,24,25)/t17-/m1/s1. The largest absolute Gasteiger partial charge is 0.497 e. The van der Waals surface area contributed by atoms with Crippen LogP contribution in [0.25, 0.3) is 10.8 Å². The highest BCUT2D eigenvalue weighted by atomic mass is 16.5. The first-order valence-electron chi connectivity index (χ1n) is 9.18. The lowest BCUT2D eigenvalue weighted by atomic mass is 9.95. The molecule has 0 bridgehead atoms. The predicted octanol–water partition coefficient (Wildman–Crippen LogP) is 4.22. The molecule has 0 saturated heterocycles. The second kappa shape index (κ2) is 9.08. The maximum Gasteiger partial charge on any atom is 0.223 e. The van der Waals surface area contributed by atoms with E-state index in [1.165, 1.54) is 16.3 Å². The molecule has 1 amide bonds. The summed E-state index contributed by atoms with van der Waals surface area (Å²) in [6.45, 7) is 2.87. The van der Waals surface area contributed by atoms with Gasteiger partial charge in [-0.15, -0.1) is 0 Å². The highest BCUT2D eigenvalue weighted by molar-refractivity contribution is 5.86. The van der Waals surface area contributed by atoms with Crippen LogP contribution in [0.4, 0.5) is 0 Å². The smallest absolute Gasteiger partial charge is 0.223 e. The first-order chi connectivity index (χ1) is 13.2. The van der Waals surface area contributed by atoms with Crippen molar-refractivity contribution < 1.29 is 14.3 Å². The van der Waals surface area contributed by atoms with E-state index in [4.69, 9.17) is 9.47 Å². The molecule has 0 aliphatic rings. The summed E-state index contributed by atoms with van der Waals surface area (Å²) in [6, 6.07) is 21.9. The maximum atomic E-state index is 12.4. The molecule has 4 nitrogen and oxygen atoms in total. The van der Waals surface area contributed by atoms with Gasteiger partial charge in [0.25, 0.3) is 0 Å². The lowest BCUT2D eigenvalue weighted by molar-refractivity contribution is -0.124. The first-order valence-corrected chi connectivity index (χ1v) is 9.18. The normalized spacial score (nSPS) is 11.8. The van der Waals surface area contributed by atoms with Crippen molar-refractivity contribution in [2.75, 3.05) is 20.3 Å². The molecule has 3 aromatic carbocycles. The van der Waals surface area contributed by atoms with Crippen LogP contribution in [-0.2, 0) is 11.2 Å². The van der Waals surface area contributed by atoms with Gasteiger partial charge in [-0.2, -0.15) is 0 Å². The second-order valence-corrected chi connectivity index (χ2v) is 6.56. The quantitative estimate of drug-likeness (QED) is 0.610. The van der Waals surface area contributed by atoms with E-state index >= 15 is 0 Å². The monoisotopic (exact) mass is 363 g/mol. The third-order valence-electron chi connectivity index (χ3n) is 4.58. The van der Waals surface area contributed by atoms with Crippen LogP contribution in [0.5, 0.6) is 11.5 Å². The van der Waals surface area contributed by atoms with Crippen molar-refractivity contribution in [1.82, 2.24) is 5.32 Å². The highest BCUT2D eigenvalue weighted by Crippen LogP contribution is 2.21. The third-order valence-corrected chi connectivity index (χ3v) is 4.58. The molecular weight excluding hydrogens is 338 g/mol. The SMILES string of the molecule is COc1ccc(OCCNC(=O)[C@H](C)Cc2cccc3ccccc23)cc1. The van der Waals surface area contributed by atoms with E-state index in [0.29, 0.717) is 19.6 Å². The molecule has 0 aliphatic heterocycles. The summed E-state index contributed by atoms with van der Waals surface area (Å²) in [7, 11) is 1.63. The van der Waals surface area contributed by atoms with E-state index in [1.54, 1.807) is 7.11 Å². The average Bonchev–Trinajstić information content (AvgIpc) is 2.71. The first kappa shape index (κ1) is 18.8. The van der Waals surface area contributed by atoms with Crippen molar-refractivity contribution in [1.29, 1.82) is 0 Å². The summed E-state index contributed by atoms with van der Waals surface area (Å²) < 4.78 is 10.8. The van der Waals surface area contributed by atoms with Gasteiger partial charge in [-0.1, -0.05) is 49.4 Å². The molecule has 1 atom stereocenters. The van der Waals surface area contributed by atoms with E-state index in [-0.39, 0.29) is 11.8 Å². The van der Waals surface area contributed by atoms with Gasteiger partial charge in [0.2, 0.25) is 5.91 Å². The summed E-state index contributed by atoms with van der Waals surface area (Å²) in [6.07, 6.45) is 0.715. The van der Waals surface area contributed by atoms with Crippen molar-refractivity contribution in [2.24, 2.45) is 5.92 Å². The van der Waals surface area contributed by atoms with Crippen molar-refractivity contribution in [3.05, 3.63) is 72.3 Å². The molecule has 0 spiro atoms. The molecule has 0 unspecified atom stereocenters. The maximum absolute atomic E-state index is 12.4. The number of rotatable bonds is 8. The number of carbonyl (C=O) groups excluding carboxylic acids is 1. The topological polar surface area (TPSA) is 47.6 Å². The number of carbonyl (C=O) groups is 1. The lowest BCUT2D eigenvalue weighted by Gasteiger charge is -2.14. The van der Waals surface area contributed by atoms with Gasteiger partial charge < -0.3 is 14.8 Å². The Morgan fingerprint density at radius 3 is 2.44 bits per heavy atom. The van der Waals surface area contributed by atoms with E-state index in [1.807, 2.05) is 49.4 Å². The van der Waals surface area contributed by atoms with E-state index in [0.717, 1.165) is 11.5 Å². The van der Waals surface area contributed by atoms with Crippen LogP contribution in [0, 0.1) is 5.92 Å². The molecule has 3 aromatic rings. The molecule has 0 heterocycles. The van der Waals surface area contributed by atoms with Crippen LogP contribution >= 0.6 is 0 Å². The summed E-state index contributed by atoms with van der Waals surface area (Å²) in [5.74, 6) is 1.49. The molecule has 1 N–H and O–H groups in total. The summed E-state index contributed by atoms with van der Waals surface area (Å²) >= 11 is 0. The van der Waals surface area contributed by atoms with Gasteiger partial charge in [0.15, 0.2) is 0 Å². The number of methoxy groups -OCH3 is 1. The van der Waals surface area contributed by atoms with Gasteiger partial charge >= 0.3 is 0 Å². The van der Waals surface area contributed by atoms with Crippen LogP contribution in [-0.4, -0.2) is 26.2 Å². The van der Waals surface area contributed by atoms with Crippen LogP contribution in [0.15, 0.2) is 66.7 Å². The predicted molar refractivity (Wildman–Crippen MR) is 108 cm³/mol. The molecule has 27 heavy (non-hydrogen) atoms. The molecule has 4 heteroatoms. The molecule has 0 radical (unpaired) electrons. The minimum absolute atomic E-state index is 0.0428. The molecule has 140 valence electrons. The number of hydrogen-bond acceptors (Lipinski definition) is 3. The molecule has 0 aromatic heterocycles. The summed E-state index contributed by atoms with van der Waals surface area (Å²) in [5, 5.41) is 5.37. The van der Waals surface area contributed by atoms with Gasteiger partial charge in [-0.25, -0.2) is 0 Å². The van der Waals surface area contributed by atoms with Crippen LogP contribution in [0.1, 0.15) is 12.5 Å². The minimum Gasteiger partial charge on any atom is -0.497 e. The fraction of sp³-hybridized carbons (Fsp3) is 0.261. The molecule has 3 rings (SSSR count). The minimum atomic E-state index is -0.100. The number of ether oxygens (including phenoxy) is 2. The zero-order chi connectivity index (χ0) is 19.1. The van der Waals surface area contributed by atoms with E-state index in [2.05, 4.69) is 29.6 Å². The number of benzene rings is 3. The molecular formula is C23H25NO3. The third kappa shape index (κ3) is 5.00. The number of hydrogen-bond donors (Lipinski definition) is 1. The Kier molecular flexibility index (Phi) is 6.31. The second-order valence-electron chi connectivity index (χ2n) is 6.56. The highest BCUT2D eigenvalue weighted by Gasteiger charge is 2.14. The van der Waals surface area contributed by atoms with E-state index < -0.39 is 0 Å². The Labute approximate surface area is 160 Å². The van der Waals surface area contributed by atoms with Gasteiger partial charge in [-0.05, 0) is 47.0 Å². The van der Waals surface area contributed by atoms with Crippen molar-refractivity contribution in [3.63, 3.8) is 0 Å². The Morgan fingerprint density at radius 2 is 1.67 bits per heavy atom. The van der Waals surface area contributed by atoms with Crippen LogP contribution in [0.3, 0.4) is 0 Å². The molecule has 0 fully saturated rings. The lowest BCUT2D eigenvalue weighted by Crippen LogP contribution is -2.33. The van der Waals surface area contributed by atoms with Crippen molar-refractivity contribution >= 4 is 16.7 Å². The fourth-order valence-corrected chi connectivity index (χ4v) is 3.08. The summed E-state index contributed by atoms with van der Waals surface area (Å²) in [5.41, 5.74) is 1.20. The Morgan fingerprint density at radius 1 is 0.963 bits per heavy atom. The number of amides is 1. The fourth-order valence-electron chi connectivity index (χ4n) is 3.08. The molecule has 0 aliphatic carbocycles. The summed E-state index contributed by atoms with van der Waals surface area (Å²) in [4.78, 5) is 12.4. The zero-order valence-electron chi connectivity index (χ0n) is 15.8. The average molecular weight is 363 g/mol. The van der Waals surface area contributed by atoms with Gasteiger partial charge in [0.1, 0.15) is 18.1 Å². The van der Waals surface area contributed by atoms with Crippen molar-refractivity contribution in [3.8, 4) is 11.5 Å². The zero-order valence-corrected chi connectivity index (χ0v) is 15.8. The van der Waals surface area contributed by atoms with Crippen LogP contribution < -0.4 is 14.8 Å². The number of nitrogens with one attached hydrogen (secondary N) is 1. The van der Waals surface area contributed by atoms with Gasteiger partial charge in [-0.3, -0.25) is 4.79 Å². The van der Waals surface area contributed by atoms with Gasteiger partial charge in [0.05, 0.1) is 13.7 Å². The van der Waals surface area contributed by atoms with Gasteiger partial charge in [0, 0.05) is 5.92 Å². The van der Waals surface area contributed by atoms with Crippen molar-refractivity contribution in [2.45, 2.75) is 13.3 Å². The van der Waals surface area contributed by atoms with Crippen LogP contribution in [0.2, 0.25) is 0 Å². The Balaban J connectivity index is 1.47.